The van der Waals surface area contributed by atoms with Crippen molar-refractivity contribution in [2.45, 2.75) is 70.8 Å². The van der Waals surface area contributed by atoms with Crippen LogP contribution in [0.5, 0.6) is 0 Å². The first-order chi connectivity index (χ1) is 10.8. The molecule has 0 N–H and O–H groups in total. The van der Waals surface area contributed by atoms with Gasteiger partial charge in [0, 0.05) is 12.6 Å². The quantitative estimate of drug-likeness (QED) is 0.785. The Morgan fingerprint density at radius 1 is 1.09 bits per heavy atom. The molecule has 3 fully saturated rings. The van der Waals surface area contributed by atoms with Crippen molar-refractivity contribution in [2.24, 2.45) is 10.8 Å². The Morgan fingerprint density at radius 2 is 1.78 bits per heavy atom. The fourth-order valence-corrected chi connectivity index (χ4v) is 5.89. The second kappa shape index (κ2) is 4.84. The highest BCUT2D eigenvalue weighted by molar-refractivity contribution is 5.90. The number of benzene rings is 1. The van der Waals surface area contributed by atoms with E-state index >= 15 is 0 Å². The minimum Gasteiger partial charge on any atom is -0.338 e. The first-order valence-corrected chi connectivity index (χ1v) is 9.20. The lowest BCUT2D eigenvalue weighted by atomic mass is 9.63. The van der Waals surface area contributed by atoms with Crippen LogP contribution in [0.4, 0.5) is 0 Å². The van der Waals surface area contributed by atoms with Gasteiger partial charge in [0.2, 0.25) is 5.91 Å². The highest BCUT2D eigenvalue weighted by atomic mass is 16.2. The van der Waals surface area contributed by atoms with Crippen LogP contribution in [0.3, 0.4) is 0 Å². The summed E-state index contributed by atoms with van der Waals surface area (Å²) >= 11 is 0. The van der Waals surface area contributed by atoms with Crippen LogP contribution in [0.15, 0.2) is 30.3 Å². The molecule has 4 rings (SSSR count). The Morgan fingerprint density at radius 3 is 2.39 bits per heavy atom. The van der Waals surface area contributed by atoms with Crippen LogP contribution in [-0.2, 0) is 10.2 Å². The molecule has 2 aliphatic carbocycles. The summed E-state index contributed by atoms with van der Waals surface area (Å²) in [6.45, 7) is 8.11. The Hall–Kier alpha value is -1.31. The van der Waals surface area contributed by atoms with Crippen molar-refractivity contribution in [2.75, 3.05) is 6.54 Å². The van der Waals surface area contributed by atoms with Gasteiger partial charge in [0.25, 0.3) is 0 Å². The van der Waals surface area contributed by atoms with Gasteiger partial charge in [-0.15, -0.1) is 0 Å². The Bertz CT molecular complexity index is 616. The molecule has 2 bridgehead atoms. The maximum absolute atomic E-state index is 13.6. The monoisotopic (exact) mass is 311 g/mol. The first-order valence-electron chi connectivity index (χ1n) is 9.20. The second-order valence-electron chi connectivity index (χ2n) is 9.45. The topological polar surface area (TPSA) is 20.3 Å². The van der Waals surface area contributed by atoms with Gasteiger partial charge in [-0.25, -0.2) is 0 Å². The van der Waals surface area contributed by atoms with E-state index in [9.17, 15) is 4.79 Å². The number of fused-ring (bicyclic) bond motifs is 2. The summed E-state index contributed by atoms with van der Waals surface area (Å²) in [5.41, 5.74) is 1.71. The molecule has 2 heteroatoms. The molecule has 2 saturated carbocycles. The third-order valence-corrected chi connectivity index (χ3v) is 6.62. The number of carbonyl (C=O) groups excluding carboxylic acids is 1. The fraction of sp³-hybridized carbons (Fsp3) is 0.667. The van der Waals surface area contributed by atoms with E-state index in [1.165, 1.54) is 31.2 Å². The zero-order chi connectivity index (χ0) is 16.3. The Balaban J connectivity index is 1.65. The van der Waals surface area contributed by atoms with Crippen LogP contribution < -0.4 is 0 Å². The van der Waals surface area contributed by atoms with Crippen molar-refractivity contribution in [3.05, 3.63) is 35.9 Å². The van der Waals surface area contributed by atoms with E-state index in [0.29, 0.717) is 22.8 Å². The van der Waals surface area contributed by atoms with Gasteiger partial charge in [0.15, 0.2) is 0 Å². The van der Waals surface area contributed by atoms with Crippen molar-refractivity contribution in [3.63, 3.8) is 0 Å². The Labute approximate surface area is 140 Å². The van der Waals surface area contributed by atoms with E-state index in [2.05, 4.69) is 49.9 Å². The molecule has 0 radical (unpaired) electrons. The predicted octanol–water partition coefficient (Wildman–Crippen LogP) is 4.54. The number of amides is 1. The van der Waals surface area contributed by atoms with Crippen molar-refractivity contribution < 1.29 is 4.79 Å². The third kappa shape index (κ3) is 2.33. The molecule has 1 aromatic rings. The maximum Gasteiger partial charge on any atom is 0.233 e. The lowest BCUT2D eigenvalue weighted by molar-refractivity contribution is -0.142. The molecule has 1 heterocycles. The molecular weight excluding hydrogens is 282 g/mol. The molecule has 124 valence electrons. The molecule has 1 aromatic carbocycles. The summed E-state index contributed by atoms with van der Waals surface area (Å²) in [4.78, 5) is 15.9. The molecule has 23 heavy (non-hydrogen) atoms. The summed E-state index contributed by atoms with van der Waals surface area (Å²) < 4.78 is 0. The van der Waals surface area contributed by atoms with Crippen LogP contribution in [0.2, 0.25) is 0 Å². The van der Waals surface area contributed by atoms with Crippen molar-refractivity contribution >= 4 is 5.91 Å². The van der Waals surface area contributed by atoms with Gasteiger partial charge in [0.1, 0.15) is 0 Å². The molecule has 0 spiro atoms. The van der Waals surface area contributed by atoms with Crippen molar-refractivity contribution in [3.8, 4) is 0 Å². The molecule has 1 amide bonds. The van der Waals surface area contributed by atoms with Gasteiger partial charge < -0.3 is 4.90 Å². The lowest BCUT2D eigenvalue weighted by Crippen LogP contribution is -2.52. The molecule has 1 saturated heterocycles. The predicted molar refractivity (Wildman–Crippen MR) is 93.2 cm³/mol. The smallest absolute Gasteiger partial charge is 0.233 e. The third-order valence-electron chi connectivity index (χ3n) is 6.62. The number of nitrogens with zero attached hydrogens (tertiary/aromatic N) is 1. The van der Waals surface area contributed by atoms with Gasteiger partial charge in [-0.3, -0.25) is 4.79 Å². The van der Waals surface area contributed by atoms with E-state index in [0.717, 1.165) is 19.4 Å². The molecule has 1 aliphatic heterocycles. The van der Waals surface area contributed by atoms with Crippen LogP contribution >= 0.6 is 0 Å². The normalized spacial score (nSPS) is 34.0. The molecule has 2 atom stereocenters. The van der Waals surface area contributed by atoms with Gasteiger partial charge >= 0.3 is 0 Å². The zero-order valence-corrected chi connectivity index (χ0v) is 14.8. The number of likely N-dealkylation sites (tertiary alicyclic amines) is 1. The number of rotatable bonds is 2. The summed E-state index contributed by atoms with van der Waals surface area (Å²) in [5.74, 6) is 0.418. The zero-order valence-electron chi connectivity index (χ0n) is 14.8. The van der Waals surface area contributed by atoms with Crippen molar-refractivity contribution in [1.29, 1.82) is 0 Å². The maximum atomic E-state index is 13.6. The number of hydrogen-bond acceptors (Lipinski definition) is 1. The first kappa shape index (κ1) is 15.2. The van der Waals surface area contributed by atoms with Gasteiger partial charge in [-0.05, 0) is 48.5 Å². The number of carbonyl (C=O) groups is 1. The molecule has 0 aromatic heterocycles. The Kier molecular flexibility index (Phi) is 3.21. The van der Waals surface area contributed by atoms with Gasteiger partial charge in [-0.2, -0.15) is 0 Å². The van der Waals surface area contributed by atoms with Gasteiger partial charge in [0.05, 0.1) is 5.41 Å². The summed E-state index contributed by atoms with van der Waals surface area (Å²) in [6, 6.07) is 11.0. The molecule has 2 nitrogen and oxygen atoms in total. The van der Waals surface area contributed by atoms with E-state index in [-0.39, 0.29) is 5.41 Å². The fourth-order valence-electron chi connectivity index (χ4n) is 5.89. The summed E-state index contributed by atoms with van der Waals surface area (Å²) in [5, 5.41) is 0. The lowest BCUT2D eigenvalue weighted by Gasteiger charge is -2.45. The summed E-state index contributed by atoms with van der Waals surface area (Å²) in [6.07, 6.45) is 6.85. The largest absolute Gasteiger partial charge is 0.338 e. The van der Waals surface area contributed by atoms with E-state index in [1.807, 2.05) is 6.07 Å². The van der Waals surface area contributed by atoms with Crippen LogP contribution in [0.25, 0.3) is 0 Å². The SMILES string of the molecule is CC1(C)CC2CC(C)(CN2C(=O)C2(c3ccccc3)CCC2)C1. The van der Waals surface area contributed by atoms with E-state index < -0.39 is 0 Å². The van der Waals surface area contributed by atoms with Crippen LogP contribution in [-0.4, -0.2) is 23.4 Å². The minimum atomic E-state index is -0.223. The highest BCUT2D eigenvalue weighted by Gasteiger charge is 2.56. The minimum absolute atomic E-state index is 0.223. The molecule has 2 unspecified atom stereocenters. The highest BCUT2D eigenvalue weighted by Crippen LogP contribution is 2.55. The van der Waals surface area contributed by atoms with E-state index in [4.69, 9.17) is 0 Å². The number of hydrogen-bond donors (Lipinski definition) is 0. The molecular formula is C21H29NO. The second-order valence-corrected chi connectivity index (χ2v) is 9.45. The summed E-state index contributed by atoms with van der Waals surface area (Å²) in [7, 11) is 0. The van der Waals surface area contributed by atoms with E-state index in [1.54, 1.807) is 0 Å². The molecule has 3 aliphatic rings. The standard InChI is InChI=1S/C21H29NO/c1-19(2)12-17-13-20(3,14-19)15-22(17)18(23)21(10-7-11-21)16-8-5-4-6-9-16/h4-6,8-9,17H,7,10-15H2,1-3H3. The van der Waals surface area contributed by atoms with Crippen LogP contribution in [0, 0.1) is 10.8 Å². The van der Waals surface area contributed by atoms with Gasteiger partial charge in [-0.1, -0.05) is 57.5 Å². The van der Waals surface area contributed by atoms with Crippen molar-refractivity contribution in [1.82, 2.24) is 4.90 Å². The average Bonchev–Trinajstić information content (AvgIpc) is 2.68. The average molecular weight is 311 g/mol. The van der Waals surface area contributed by atoms with Crippen LogP contribution in [0.1, 0.15) is 64.9 Å².